The van der Waals surface area contributed by atoms with Gasteiger partial charge in [0.05, 0.1) is 12.1 Å². The van der Waals surface area contributed by atoms with Gasteiger partial charge in [-0.2, -0.15) is 0 Å². The first kappa shape index (κ1) is 42.3. The van der Waals surface area contributed by atoms with E-state index in [0.29, 0.717) is 37.3 Å². The maximum absolute atomic E-state index is 12.9. The van der Waals surface area contributed by atoms with Crippen LogP contribution in [-0.2, 0) is 32.3 Å². The number of aromatic nitrogens is 2. The van der Waals surface area contributed by atoms with E-state index >= 15 is 0 Å². The van der Waals surface area contributed by atoms with Crippen LogP contribution in [0.25, 0.3) is 12.2 Å². The number of hydrogen-bond acceptors (Lipinski definition) is 8. The molecule has 6 rings (SSSR count). The third-order valence-corrected chi connectivity index (χ3v) is 11.7. The molecular formula is C42H58N6O8. The summed E-state index contributed by atoms with van der Waals surface area (Å²) in [5.41, 5.74) is 2.48. The monoisotopic (exact) mass is 774 g/mol. The minimum Gasteiger partial charge on any atom is -0.396 e. The number of amides is 4. The van der Waals surface area contributed by atoms with Crippen LogP contribution in [0, 0.1) is 23.7 Å². The Morgan fingerprint density at radius 3 is 1.34 bits per heavy atom. The lowest BCUT2D eigenvalue weighted by molar-refractivity contribution is -0.141. The summed E-state index contributed by atoms with van der Waals surface area (Å²) in [5, 5.41) is 26.0. The van der Waals surface area contributed by atoms with Crippen molar-refractivity contribution in [2.75, 3.05) is 26.3 Å². The molecule has 8 atom stereocenters. The molecule has 0 bridgehead atoms. The van der Waals surface area contributed by atoms with Gasteiger partial charge in [-0.05, 0) is 51.0 Å². The van der Waals surface area contributed by atoms with Crippen molar-refractivity contribution in [3.05, 3.63) is 79.6 Å². The summed E-state index contributed by atoms with van der Waals surface area (Å²) in [5.74, 6) is -1.85. The molecule has 2 fully saturated rings. The van der Waals surface area contributed by atoms with Crippen LogP contribution in [0.5, 0.6) is 0 Å². The fourth-order valence-corrected chi connectivity index (χ4v) is 9.25. The van der Waals surface area contributed by atoms with Crippen LogP contribution in [0.4, 0.5) is 0 Å². The predicted molar refractivity (Wildman–Crippen MR) is 213 cm³/mol. The summed E-state index contributed by atoms with van der Waals surface area (Å²) in [6.45, 7) is 12.6. The summed E-state index contributed by atoms with van der Waals surface area (Å²) in [4.78, 5) is 80.3. The fraction of sp³-hybridized carbons (Fsp3) is 0.571. The summed E-state index contributed by atoms with van der Waals surface area (Å²) in [6.07, 6.45) is 9.28. The van der Waals surface area contributed by atoms with Crippen LogP contribution < -0.4 is 21.8 Å². The van der Waals surface area contributed by atoms with Gasteiger partial charge < -0.3 is 39.8 Å². The van der Waals surface area contributed by atoms with Crippen molar-refractivity contribution < 1.29 is 29.4 Å². The molecule has 14 nitrogen and oxygen atoms in total. The molecule has 4 aliphatic heterocycles. The molecule has 304 valence electrons. The summed E-state index contributed by atoms with van der Waals surface area (Å²) < 4.78 is 3.40. The molecule has 4 aliphatic rings. The second kappa shape index (κ2) is 18.4. The number of hydrogen-bond donors (Lipinski definition) is 4. The van der Waals surface area contributed by atoms with Crippen molar-refractivity contribution in [1.29, 1.82) is 0 Å². The molecule has 4 N–H and O–H groups in total. The Morgan fingerprint density at radius 2 is 1.04 bits per heavy atom. The first-order valence-corrected chi connectivity index (χ1v) is 20.1. The molecule has 2 aromatic rings. The number of carbonyl (C=O) groups is 4. The lowest BCUT2D eigenvalue weighted by atomic mass is 9.88. The fourth-order valence-electron chi connectivity index (χ4n) is 9.25. The molecule has 0 aliphatic carbocycles. The van der Waals surface area contributed by atoms with Gasteiger partial charge in [0.2, 0.25) is 23.6 Å². The zero-order valence-corrected chi connectivity index (χ0v) is 33.4. The quantitative estimate of drug-likeness (QED) is 0.254. The Hall–Kier alpha value is -4.82. The van der Waals surface area contributed by atoms with Gasteiger partial charge in [0.15, 0.2) is 0 Å². The van der Waals surface area contributed by atoms with E-state index in [1.165, 1.54) is 0 Å². The molecule has 56 heavy (non-hydrogen) atoms. The molecule has 2 aromatic heterocycles. The van der Waals surface area contributed by atoms with Gasteiger partial charge in [-0.25, -0.2) is 0 Å². The van der Waals surface area contributed by atoms with Crippen LogP contribution in [0.2, 0.25) is 0 Å². The molecule has 14 heteroatoms. The maximum atomic E-state index is 12.9. The van der Waals surface area contributed by atoms with E-state index in [1.54, 1.807) is 57.1 Å². The number of carbonyl (C=O) groups excluding carboxylic acids is 4. The normalized spacial score (nSPS) is 25.8. The van der Waals surface area contributed by atoms with E-state index in [4.69, 9.17) is 0 Å². The molecule has 0 aromatic carbocycles. The topological polar surface area (TPSA) is 183 Å². The number of nitrogens with one attached hydrogen (secondary N) is 2. The number of fused-ring (bicyclic) bond motifs is 6. The van der Waals surface area contributed by atoms with E-state index in [-0.39, 0.29) is 84.7 Å². The Morgan fingerprint density at radius 1 is 0.661 bits per heavy atom. The highest BCUT2D eigenvalue weighted by atomic mass is 16.3. The smallest absolute Gasteiger partial charge is 0.258 e. The number of likely N-dealkylation sites (tertiary alicyclic amines) is 2. The van der Waals surface area contributed by atoms with E-state index in [2.05, 4.69) is 10.6 Å². The third kappa shape index (κ3) is 7.52. The minimum atomic E-state index is -0.710. The van der Waals surface area contributed by atoms with Crippen molar-refractivity contribution in [1.82, 2.24) is 29.6 Å². The Labute approximate surface area is 328 Å². The number of rotatable bonds is 12. The van der Waals surface area contributed by atoms with Gasteiger partial charge in [-0.1, -0.05) is 52.0 Å². The van der Waals surface area contributed by atoms with Gasteiger partial charge >= 0.3 is 0 Å². The molecule has 2 saturated heterocycles. The van der Waals surface area contributed by atoms with E-state index in [0.717, 1.165) is 24.2 Å². The van der Waals surface area contributed by atoms with Crippen molar-refractivity contribution >= 4 is 35.8 Å². The second-order valence-electron chi connectivity index (χ2n) is 14.9. The van der Waals surface area contributed by atoms with Crippen LogP contribution in [0.15, 0.2) is 46.0 Å². The highest BCUT2D eigenvalue weighted by molar-refractivity contribution is 5.90. The van der Waals surface area contributed by atoms with Crippen LogP contribution in [-0.4, -0.2) is 91.2 Å². The summed E-state index contributed by atoms with van der Waals surface area (Å²) in [6, 6.07) is 5.13. The molecule has 0 spiro atoms. The number of nitrogens with zero attached hydrogens (tertiary/aromatic N) is 4. The van der Waals surface area contributed by atoms with Gasteiger partial charge in [-0.15, -0.1) is 0 Å². The Kier molecular flexibility index (Phi) is 13.9. The van der Waals surface area contributed by atoms with E-state index in [1.807, 2.05) is 52.0 Å². The van der Waals surface area contributed by atoms with Crippen molar-refractivity contribution in [3.8, 4) is 0 Å². The zero-order chi connectivity index (χ0) is 40.8. The zero-order valence-electron chi connectivity index (χ0n) is 33.4. The highest BCUT2D eigenvalue weighted by Crippen LogP contribution is 2.50. The number of pyridine rings is 2. The first-order chi connectivity index (χ1) is 27.0. The van der Waals surface area contributed by atoms with Crippen molar-refractivity contribution in [2.24, 2.45) is 23.7 Å². The second-order valence-corrected chi connectivity index (χ2v) is 14.9. The molecule has 0 radical (unpaired) electrons. The summed E-state index contributed by atoms with van der Waals surface area (Å²) in [7, 11) is 0. The minimum absolute atomic E-state index is 0.0995. The number of allylic oxidation sites excluding steroid dienone is 2. The van der Waals surface area contributed by atoms with E-state index in [9.17, 15) is 39.0 Å². The van der Waals surface area contributed by atoms with Crippen molar-refractivity contribution in [3.63, 3.8) is 0 Å². The molecule has 4 amide bonds. The Balaban J connectivity index is 0.000000214. The molecular weight excluding hydrogens is 716 g/mol. The molecule has 0 unspecified atom stereocenters. The van der Waals surface area contributed by atoms with Gasteiger partial charge in [-0.3, -0.25) is 28.8 Å². The lowest BCUT2D eigenvalue weighted by Crippen LogP contribution is -2.50. The Bertz CT molecular complexity index is 1830. The third-order valence-electron chi connectivity index (χ3n) is 11.7. The average Bonchev–Trinajstić information content (AvgIpc) is 3.94. The van der Waals surface area contributed by atoms with Crippen LogP contribution in [0.3, 0.4) is 0 Å². The lowest BCUT2D eigenvalue weighted by Gasteiger charge is -2.30. The van der Waals surface area contributed by atoms with E-state index < -0.39 is 23.9 Å². The molecule has 6 heterocycles. The number of aliphatic hydroxyl groups excluding tert-OH is 2. The standard InChI is InChI=1S/2C21H29N3O4/c2*1-4-7-13-8-9-16-18-14(11-23(16)21(13)28)15(12-25)19(20(27)22-10-5-2)24(18)17(26)6-3/h2*4,7-9,14-15,18-19,25H,5-6,10-12H2,1-3H3,(H,22,27)/b7-4+;7-4-/t2*14-,15-,18+,19-/m00/s1. The molecule has 0 saturated carbocycles. The highest BCUT2D eigenvalue weighted by Gasteiger charge is 2.58. The van der Waals surface area contributed by atoms with Gasteiger partial charge in [0, 0.05) is 98.4 Å². The predicted octanol–water partition coefficient (Wildman–Crippen LogP) is 2.62. The number of aliphatic hydroxyl groups is 2. The maximum Gasteiger partial charge on any atom is 0.258 e. The summed E-state index contributed by atoms with van der Waals surface area (Å²) >= 11 is 0. The average molecular weight is 775 g/mol. The SMILES string of the molecule is C/C=C/c1ccc2n(c1=O)C[C@H]1[C@H](CO)[C@@H](C(=O)NCCC)N(C(=O)CC)[C@@H]21.C/C=C\c1ccc2n(c1=O)C[C@H]1[C@H](CO)[C@@H](C(=O)NCCC)N(C(=O)CC)[C@@H]21. The van der Waals surface area contributed by atoms with Crippen LogP contribution in [0.1, 0.15) is 102 Å². The van der Waals surface area contributed by atoms with Gasteiger partial charge in [0.25, 0.3) is 11.1 Å². The van der Waals surface area contributed by atoms with Gasteiger partial charge in [0.1, 0.15) is 12.1 Å². The van der Waals surface area contributed by atoms with Crippen LogP contribution >= 0.6 is 0 Å². The first-order valence-electron chi connectivity index (χ1n) is 20.1. The largest absolute Gasteiger partial charge is 0.396 e. The van der Waals surface area contributed by atoms with Crippen molar-refractivity contribution in [2.45, 2.75) is 104 Å².